The van der Waals surface area contributed by atoms with Gasteiger partial charge in [0, 0.05) is 25.7 Å². The van der Waals surface area contributed by atoms with E-state index in [-0.39, 0.29) is 6.61 Å². The minimum Gasteiger partial charge on any atom is -0.396 e. The number of ether oxygens (including phenoxy) is 1. The molecule has 0 aromatic heterocycles. The Bertz CT molecular complexity index is 343. The lowest BCUT2D eigenvalue weighted by Gasteiger charge is -1.99. The van der Waals surface area contributed by atoms with Crippen molar-refractivity contribution in [3.63, 3.8) is 0 Å². The van der Waals surface area contributed by atoms with Crippen LogP contribution in [-0.2, 0) is 11.2 Å². The minimum atomic E-state index is 0.213. The van der Waals surface area contributed by atoms with E-state index >= 15 is 0 Å². The molecule has 0 amide bonds. The summed E-state index contributed by atoms with van der Waals surface area (Å²) in [5, 5.41) is 8.60. The summed E-state index contributed by atoms with van der Waals surface area (Å²) in [6.45, 7) is 0.964. The number of benzene rings is 1. The molecule has 0 aliphatic heterocycles. The molecule has 0 radical (unpaired) electrons. The maximum Gasteiger partial charge on any atom is 0.0502 e. The lowest BCUT2D eigenvalue weighted by atomic mass is 10.1. The third-order valence-corrected chi connectivity index (χ3v) is 2.24. The van der Waals surface area contributed by atoms with Gasteiger partial charge in [-0.15, -0.1) is 0 Å². The summed E-state index contributed by atoms with van der Waals surface area (Å²) in [5.74, 6) is 6.10. The number of methoxy groups -OCH3 is 1. The van der Waals surface area contributed by atoms with E-state index in [1.54, 1.807) is 7.11 Å². The van der Waals surface area contributed by atoms with Crippen molar-refractivity contribution >= 4 is 0 Å². The lowest BCUT2D eigenvalue weighted by molar-refractivity contribution is 0.202. The van der Waals surface area contributed by atoms with E-state index < -0.39 is 0 Å². The van der Waals surface area contributed by atoms with Crippen LogP contribution in [0.5, 0.6) is 0 Å². The van der Waals surface area contributed by atoms with Gasteiger partial charge in [0.2, 0.25) is 0 Å². The van der Waals surface area contributed by atoms with Crippen molar-refractivity contribution in [2.24, 2.45) is 0 Å². The van der Waals surface area contributed by atoms with Gasteiger partial charge in [-0.3, -0.25) is 0 Å². The second-order valence-electron chi connectivity index (χ2n) is 3.57. The van der Waals surface area contributed by atoms with E-state index in [0.29, 0.717) is 0 Å². The monoisotopic (exact) mass is 218 g/mol. The molecular weight excluding hydrogens is 200 g/mol. The molecule has 86 valence electrons. The zero-order valence-corrected chi connectivity index (χ0v) is 9.70. The third-order valence-electron chi connectivity index (χ3n) is 2.24. The molecule has 0 saturated carbocycles. The summed E-state index contributed by atoms with van der Waals surface area (Å²) in [6, 6.07) is 8.21. The molecule has 0 heterocycles. The second kappa shape index (κ2) is 7.92. The summed E-state index contributed by atoms with van der Waals surface area (Å²) >= 11 is 0. The van der Waals surface area contributed by atoms with Crippen LogP contribution < -0.4 is 0 Å². The van der Waals surface area contributed by atoms with Crippen molar-refractivity contribution in [2.75, 3.05) is 20.3 Å². The van der Waals surface area contributed by atoms with Crippen LogP contribution in [0.15, 0.2) is 24.3 Å². The molecule has 16 heavy (non-hydrogen) atoms. The Labute approximate surface area is 97.3 Å². The molecule has 0 aliphatic rings. The summed E-state index contributed by atoms with van der Waals surface area (Å²) in [7, 11) is 1.71. The fourth-order valence-electron chi connectivity index (χ4n) is 1.31. The molecule has 0 bridgehead atoms. The van der Waals surface area contributed by atoms with Crippen molar-refractivity contribution < 1.29 is 9.84 Å². The lowest BCUT2D eigenvalue weighted by Crippen LogP contribution is -1.93. The van der Waals surface area contributed by atoms with Crippen molar-refractivity contribution in [1.82, 2.24) is 0 Å². The van der Waals surface area contributed by atoms with Gasteiger partial charge in [-0.2, -0.15) is 0 Å². The maximum absolute atomic E-state index is 8.60. The number of rotatable bonds is 5. The molecule has 0 spiro atoms. The average Bonchev–Trinajstić information content (AvgIpc) is 2.33. The first-order valence-electron chi connectivity index (χ1n) is 5.54. The summed E-state index contributed by atoms with van der Waals surface area (Å²) in [6.07, 6.45) is 2.44. The van der Waals surface area contributed by atoms with E-state index in [9.17, 15) is 0 Å². The number of aliphatic hydroxyl groups is 1. The van der Waals surface area contributed by atoms with Crippen molar-refractivity contribution in [2.45, 2.75) is 19.3 Å². The smallest absolute Gasteiger partial charge is 0.0502 e. The molecule has 2 nitrogen and oxygen atoms in total. The molecule has 0 unspecified atom stereocenters. The SMILES string of the molecule is COCCc1ccc(C#CCCCO)cc1. The van der Waals surface area contributed by atoms with Gasteiger partial charge in [0.05, 0.1) is 6.61 Å². The van der Waals surface area contributed by atoms with Gasteiger partial charge in [-0.05, 0) is 30.5 Å². The van der Waals surface area contributed by atoms with E-state index in [0.717, 1.165) is 31.4 Å². The molecular formula is C14H18O2. The van der Waals surface area contributed by atoms with Crippen LogP contribution in [0.3, 0.4) is 0 Å². The largest absolute Gasteiger partial charge is 0.396 e. The average molecular weight is 218 g/mol. The number of hydrogen-bond donors (Lipinski definition) is 1. The summed E-state index contributed by atoms with van der Waals surface area (Å²) < 4.78 is 5.02. The van der Waals surface area contributed by atoms with Gasteiger partial charge in [0.1, 0.15) is 0 Å². The number of aliphatic hydroxyl groups excluding tert-OH is 1. The highest BCUT2D eigenvalue weighted by atomic mass is 16.5. The fourth-order valence-corrected chi connectivity index (χ4v) is 1.31. The van der Waals surface area contributed by atoms with Crippen LogP contribution >= 0.6 is 0 Å². The van der Waals surface area contributed by atoms with Gasteiger partial charge < -0.3 is 9.84 Å². The van der Waals surface area contributed by atoms with E-state index in [4.69, 9.17) is 9.84 Å². The quantitative estimate of drug-likeness (QED) is 0.605. The maximum atomic E-state index is 8.60. The number of hydrogen-bond acceptors (Lipinski definition) is 2. The predicted molar refractivity (Wildman–Crippen MR) is 65.2 cm³/mol. The third kappa shape index (κ3) is 4.97. The standard InChI is InChI=1S/C14H18O2/c1-16-12-10-14-8-6-13(7-9-14)5-3-2-4-11-15/h6-9,15H,2,4,10-12H2,1H3. The van der Waals surface area contributed by atoms with Crippen molar-refractivity contribution in [3.8, 4) is 11.8 Å². The first-order valence-corrected chi connectivity index (χ1v) is 5.54. The molecule has 1 aromatic carbocycles. The Balaban J connectivity index is 2.46. The van der Waals surface area contributed by atoms with E-state index in [1.165, 1.54) is 5.56 Å². The minimum absolute atomic E-state index is 0.213. The molecule has 2 heteroatoms. The van der Waals surface area contributed by atoms with E-state index in [2.05, 4.69) is 24.0 Å². The molecule has 0 atom stereocenters. The summed E-state index contributed by atoms with van der Waals surface area (Å²) in [5.41, 5.74) is 2.29. The summed E-state index contributed by atoms with van der Waals surface area (Å²) in [4.78, 5) is 0. The first-order chi connectivity index (χ1) is 7.86. The van der Waals surface area contributed by atoms with Crippen LogP contribution in [-0.4, -0.2) is 25.4 Å². The zero-order valence-electron chi connectivity index (χ0n) is 9.70. The van der Waals surface area contributed by atoms with Gasteiger partial charge >= 0.3 is 0 Å². The van der Waals surface area contributed by atoms with Crippen LogP contribution in [0.1, 0.15) is 24.0 Å². The van der Waals surface area contributed by atoms with Gasteiger partial charge in [0.25, 0.3) is 0 Å². The van der Waals surface area contributed by atoms with Crippen molar-refractivity contribution in [1.29, 1.82) is 0 Å². The molecule has 1 aromatic rings. The molecule has 1 N–H and O–H groups in total. The first kappa shape index (κ1) is 12.8. The Morgan fingerprint density at radius 2 is 2.00 bits per heavy atom. The normalized spacial score (nSPS) is 9.62. The molecule has 0 fully saturated rings. The zero-order chi connectivity index (χ0) is 11.6. The highest BCUT2D eigenvalue weighted by molar-refractivity contribution is 5.36. The predicted octanol–water partition coefficient (Wildman–Crippen LogP) is 2.00. The van der Waals surface area contributed by atoms with Crippen LogP contribution in [0.2, 0.25) is 0 Å². The van der Waals surface area contributed by atoms with Crippen LogP contribution in [0.4, 0.5) is 0 Å². The fraction of sp³-hybridized carbons (Fsp3) is 0.429. The van der Waals surface area contributed by atoms with Gasteiger partial charge in [-0.25, -0.2) is 0 Å². The Morgan fingerprint density at radius 3 is 2.62 bits per heavy atom. The second-order valence-corrected chi connectivity index (χ2v) is 3.57. The van der Waals surface area contributed by atoms with E-state index in [1.807, 2.05) is 12.1 Å². The Hall–Kier alpha value is -1.30. The van der Waals surface area contributed by atoms with Crippen LogP contribution in [0, 0.1) is 11.8 Å². The highest BCUT2D eigenvalue weighted by Gasteiger charge is 1.92. The molecule has 1 rings (SSSR count). The van der Waals surface area contributed by atoms with Gasteiger partial charge in [-0.1, -0.05) is 24.0 Å². The number of unbranched alkanes of at least 4 members (excludes halogenated alkanes) is 1. The molecule has 0 aliphatic carbocycles. The highest BCUT2D eigenvalue weighted by Crippen LogP contribution is 2.04. The Kier molecular flexibility index (Phi) is 6.32. The van der Waals surface area contributed by atoms with Crippen molar-refractivity contribution in [3.05, 3.63) is 35.4 Å². The molecule has 0 saturated heterocycles. The van der Waals surface area contributed by atoms with Gasteiger partial charge in [0.15, 0.2) is 0 Å². The topological polar surface area (TPSA) is 29.5 Å². The Morgan fingerprint density at radius 1 is 1.25 bits per heavy atom. The van der Waals surface area contributed by atoms with Crippen LogP contribution in [0.25, 0.3) is 0 Å².